The number of aromatic nitrogens is 3. The van der Waals surface area contributed by atoms with E-state index in [9.17, 15) is 4.79 Å². The Kier molecular flexibility index (Phi) is 4.56. The fourth-order valence-electron chi connectivity index (χ4n) is 4.83. The normalized spacial score (nSPS) is 28.5. The Bertz CT molecular complexity index is 907. The highest BCUT2D eigenvalue weighted by atomic mass is 79.9. The monoisotopic (exact) mass is 436 g/mol. The van der Waals surface area contributed by atoms with Crippen molar-refractivity contribution >= 4 is 21.6 Å². The van der Waals surface area contributed by atoms with Gasteiger partial charge in [0.25, 0.3) is 11.4 Å². The van der Waals surface area contributed by atoms with E-state index in [1.165, 1.54) is 18.2 Å². The molecule has 0 aromatic carbocycles. The first-order valence-electron chi connectivity index (χ1n) is 9.33. The molecule has 3 saturated carbocycles. The molecular formula is C19H25BrN4O3. The molecule has 7 nitrogen and oxygen atoms in total. The number of hydrogen-bond donors (Lipinski definition) is 1. The molecule has 2 bridgehead atoms. The molecule has 0 aliphatic heterocycles. The van der Waals surface area contributed by atoms with Crippen molar-refractivity contribution in [1.82, 2.24) is 14.9 Å². The van der Waals surface area contributed by atoms with Crippen molar-refractivity contribution in [3.63, 3.8) is 0 Å². The smallest absolute Gasteiger partial charge is 0.283 e. The molecule has 3 aliphatic rings. The van der Waals surface area contributed by atoms with Gasteiger partial charge < -0.3 is 14.6 Å². The zero-order valence-electron chi connectivity index (χ0n) is 16.0. The Morgan fingerprint density at radius 3 is 2.85 bits per heavy atom. The first-order valence-corrected chi connectivity index (χ1v) is 10.1. The molecule has 0 radical (unpaired) electrons. The third kappa shape index (κ3) is 3.07. The lowest BCUT2D eigenvalue weighted by Crippen LogP contribution is -2.58. The largest absolute Gasteiger partial charge is 0.479 e. The number of nitrogens with one attached hydrogen (secondary N) is 1. The maximum atomic E-state index is 12.7. The third-order valence-corrected chi connectivity index (χ3v) is 7.50. The van der Waals surface area contributed by atoms with Crippen LogP contribution in [-0.4, -0.2) is 28.1 Å². The lowest BCUT2D eigenvalue weighted by Gasteiger charge is -2.62. The van der Waals surface area contributed by atoms with E-state index in [0.29, 0.717) is 33.5 Å². The van der Waals surface area contributed by atoms with Gasteiger partial charge in [-0.1, -0.05) is 20.8 Å². The van der Waals surface area contributed by atoms with Gasteiger partial charge in [0, 0.05) is 12.1 Å². The molecule has 2 aromatic heterocycles. The van der Waals surface area contributed by atoms with Crippen LogP contribution in [0.25, 0.3) is 0 Å². The molecule has 3 aliphatic carbocycles. The standard InChI is InChI=1S/C19H25BrN4O3/c1-10-13-5-11(19(13,2)3)6-14(10)22-15-8-21-24(18(25)17(15)20)9-12-7-16(26-4)23-27-12/h7-8,10-11,13-14,22H,5-6,9H2,1-4H3/t10-,11+,13-,14-/m1/s1. The molecule has 0 amide bonds. The van der Waals surface area contributed by atoms with Crippen molar-refractivity contribution in [3.05, 3.63) is 32.8 Å². The van der Waals surface area contributed by atoms with Gasteiger partial charge in [0.15, 0.2) is 5.76 Å². The Labute approximate surface area is 166 Å². The van der Waals surface area contributed by atoms with Crippen molar-refractivity contribution in [2.45, 2.75) is 46.2 Å². The first-order chi connectivity index (χ1) is 12.8. The lowest BCUT2D eigenvalue weighted by molar-refractivity contribution is -0.105. The van der Waals surface area contributed by atoms with Crippen molar-refractivity contribution in [3.8, 4) is 5.88 Å². The molecule has 1 N–H and O–H groups in total. The minimum absolute atomic E-state index is 0.201. The van der Waals surface area contributed by atoms with E-state index >= 15 is 0 Å². The van der Waals surface area contributed by atoms with Crippen LogP contribution in [-0.2, 0) is 6.54 Å². The fraction of sp³-hybridized carbons (Fsp3) is 0.632. The summed E-state index contributed by atoms with van der Waals surface area (Å²) in [7, 11) is 1.51. The molecule has 27 heavy (non-hydrogen) atoms. The second-order valence-electron chi connectivity index (χ2n) is 8.38. The first kappa shape index (κ1) is 18.5. The summed E-state index contributed by atoms with van der Waals surface area (Å²) >= 11 is 3.45. The average Bonchev–Trinajstić information content (AvgIpc) is 3.10. The minimum Gasteiger partial charge on any atom is -0.479 e. The van der Waals surface area contributed by atoms with Crippen molar-refractivity contribution < 1.29 is 9.26 Å². The molecule has 8 heteroatoms. The van der Waals surface area contributed by atoms with Crippen molar-refractivity contribution in [1.29, 1.82) is 0 Å². The van der Waals surface area contributed by atoms with Gasteiger partial charge in [-0.15, -0.1) is 0 Å². The lowest BCUT2D eigenvalue weighted by atomic mass is 9.45. The average molecular weight is 437 g/mol. The number of hydrogen-bond acceptors (Lipinski definition) is 6. The van der Waals surface area contributed by atoms with Gasteiger partial charge in [-0.05, 0) is 57.1 Å². The number of halogens is 1. The number of fused-ring (bicyclic) bond motifs is 2. The zero-order valence-corrected chi connectivity index (χ0v) is 17.6. The van der Waals surface area contributed by atoms with Gasteiger partial charge in [0.2, 0.25) is 0 Å². The van der Waals surface area contributed by atoms with Crippen LogP contribution in [0.15, 0.2) is 26.1 Å². The summed E-state index contributed by atoms with van der Waals surface area (Å²) in [6.45, 7) is 7.29. The Morgan fingerprint density at radius 1 is 1.44 bits per heavy atom. The predicted octanol–water partition coefficient (Wildman–Crippen LogP) is 3.53. The third-order valence-electron chi connectivity index (χ3n) is 6.73. The van der Waals surface area contributed by atoms with Crippen LogP contribution in [0.3, 0.4) is 0 Å². The molecule has 4 atom stereocenters. The number of nitrogens with zero attached hydrogens (tertiary/aromatic N) is 3. The highest BCUT2D eigenvalue weighted by Crippen LogP contribution is 2.61. The van der Waals surface area contributed by atoms with E-state index < -0.39 is 0 Å². The molecule has 0 saturated heterocycles. The SMILES string of the molecule is COc1cc(Cn2ncc(N[C@@H]3C[C@@H]4C[C@H]([C@H]3C)C4(C)C)c(Br)c2=O)on1. The zero-order chi connectivity index (χ0) is 19.3. The van der Waals surface area contributed by atoms with E-state index in [-0.39, 0.29) is 12.1 Å². The van der Waals surface area contributed by atoms with Gasteiger partial charge in [-0.25, -0.2) is 4.68 Å². The Morgan fingerprint density at radius 2 is 2.22 bits per heavy atom. The molecule has 0 spiro atoms. The van der Waals surface area contributed by atoms with E-state index in [4.69, 9.17) is 9.26 Å². The molecule has 3 fully saturated rings. The summed E-state index contributed by atoms with van der Waals surface area (Å²) in [4.78, 5) is 12.7. The van der Waals surface area contributed by atoms with Gasteiger partial charge in [0.1, 0.15) is 11.0 Å². The highest BCUT2D eigenvalue weighted by Gasteiger charge is 2.56. The van der Waals surface area contributed by atoms with E-state index in [1.54, 1.807) is 12.3 Å². The van der Waals surface area contributed by atoms with Crippen LogP contribution in [0, 0.1) is 23.2 Å². The van der Waals surface area contributed by atoms with Gasteiger partial charge in [-0.3, -0.25) is 4.79 Å². The van der Waals surface area contributed by atoms with Crippen LogP contribution in [0.4, 0.5) is 5.69 Å². The number of rotatable bonds is 5. The van der Waals surface area contributed by atoms with E-state index in [0.717, 1.165) is 23.9 Å². The maximum absolute atomic E-state index is 12.7. The number of anilines is 1. The van der Waals surface area contributed by atoms with Crippen molar-refractivity contribution in [2.75, 3.05) is 12.4 Å². The van der Waals surface area contributed by atoms with E-state index in [2.05, 4.69) is 52.3 Å². The molecular weight excluding hydrogens is 412 g/mol. The molecule has 146 valence electrons. The second-order valence-corrected chi connectivity index (χ2v) is 9.17. The summed E-state index contributed by atoms with van der Waals surface area (Å²) in [5, 5.41) is 11.6. The summed E-state index contributed by atoms with van der Waals surface area (Å²) in [6.07, 6.45) is 4.17. The van der Waals surface area contributed by atoms with Crippen molar-refractivity contribution in [2.24, 2.45) is 23.2 Å². The fourth-order valence-corrected chi connectivity index (χ4v) is 5.25. The summed E-state index contributed by atoms with van der Waals surface area (Å²) in [6, 6.07) is 2.01. The Hall–Kier alpha value is -1.83. The highest BCUT2D eigenvalue weighted by molar-refractivity contribution is 9.10. The van der Waals surface area contributed by atoms with Crippen LogP contribution < -0.4 is 15.6 Å². The quantitative estimate of drug-likeness (QED) is 0.771. The van der Waals surface area contributed by atoms with Crippen LogP contribution in [0.1, 0.15) is 39.4 Å². The van der Waals surface area contributed by atoms with Crippen LogP contribution >= 0.6 is 15.9 Å². The van der Waals surface area contributed by atoms with Gasteiger partial charge >= 0.3 is 0 Å². The summed E-state index contributed by atoms with van der Waals surface area (Å²) in [5.41, 5.74) is 0.987. The molecule has 5 rings (SSSR count). The van der Waals surface area contributed by atoms with Crippen LogP contribution in [0.2, 0.25) is 0 Å². The molecule has 0 unspecified atom stereocenters. The summed E-state index contributed by atoms with van der Waals surface area (Å²) in [5.74, 6) is 2.95. The number of ether oxygens (including phenoxy) is 1. The van der Waals surface area contributed by atoms with Gasteiger partial charge in [0.05, 0.1) is 19.0 Å². The second kappa shape index (κ2) is 6.65. The molecule has 2 heterocycles. The van der Waals surface area contributed by atoms with Crippen LogP contribution in [0.5, 0.6) is 5.88 Å². The minimum atomic E-state index is -0.204. The molecule has 2 aromatic rings. The maximum Gasteiger partial charge on any atom is 0.283 e. The predicted molar refractivity (Wildman–Crippen MR) is 105 cm³/mol. The topological polar surface area (TPSA) is 82.2 Å². The summed E-state index contributed by atoms with van der Waals surface area (Å²) < 4.78 is 12.0. The Balaban J connectivity index is 1.50. The number of methoxy groups -OCH3 is 1. The van der Waals surface area contributed by atoms with Gasteiger partial charge in [-0.2, -0.15) is 5.10 Å². The van der Waals surface area contributed by atoms with E-state index in [1.807, 2.05) is 0 Å².